The molecule has 28 atom stereocenters. The van der Waals surface area contributed by atoms with Crippen LogP contribution in [-0.2, 0) is 42.7 Å². The molecule has 0 radical (unpaired) electrons. The molecule has 22 nitrogen and oxygen atoms in total. The molecule has 5 aliphatic carbocycles. The monoisotopic (exact) mass is 1070 g/mol. The Bertz CT molecular complexity index is 2080. The second-order valence-electron chi connectivity index (χ2n) is 26.0. The van der Waals surface area contributed by atoms with Crippen molar-refractivity contribution in [3.63, 3.8) is 0 Å². The SMILES string of the molecule is CC1OC(OC2C(CO)OC(OCC3OC(OC(=O)C45CCC(C)(C)CC4C4=CCC6C7(C)CC(O)C(O)C(C)(C)C7CCC6(C)C4(C)CC5)C(O)C(O)C3O)C(O)C2O)C(O)C(OC2OCC(O)C(O)C2O)C1O. The van der Waals surface area contributed by atoms with Crippen LogP contribution in [0.2, 0.25) is 0 Å². The van der Waals surface area contributed by atoms with Gasteiger partial charge in [0.1, 0.15) is 85.5 Å². The van der Waals surface area contributed by atoms with E-state index in [-0.39, 0.29) is 39.4 Å². The van der Waals surface area contributed by atoms with Gasteiger partial charge in [-0.15, -0.1) is 0 Å². The summed E-state index contributed by atoms with van der Waals surface area (Å²) >= 11 is 0. The lowest BCUT2D eigenvalue weighted by Gasteiger charge is -2.71. The van der Waals surface area contributed by atoms with Crippen molar-refractivity contribution in [2.75, 3.05) is 19.8 Å². The molecule has 9 aliphatic rings. The Hall–Kier alpha value is -1.59. The van der Waals surface area contributed by atoms with E-state index in [2.05, 4.69) is 54.5 Å². The van der Waals surface area contributed by atoms with Crippen LogP contribution in [0.15, 0.2) is 11.6 Å². The number of hydrogen-bond acceptors (Lipinski definition) is 22. The molecule has 9 rings (SSSR count). The second kappa shape index (κ2) is 20.7. The highest BCUT2D eigenvalue weighted by molar-refractivity contribution is 5.79. The second-order valence-corrected chi connectivity index (χ2v) is 26.0. The van der Waals surface area contributed by atoms with Gasteiger partial charge in [0.2, 0.25) is 6.29 Å². The van der Waals surface area contributed by atoms with Gasteiger partial charge < -0.3 is 104 Å². The predicted octanol–water partition coefficient (Wildman–Crippen LogP) is -1.40. The number of aliphatic hydroxyl groups is 13. The Kier molecular flexibility index (Phi) is 16.1. The summed E-state index contributed by atoms with van der Waals surface area (Å²) in [4.78, 5) is 15.1. The van der Waals surface area contributed by atoms with Crippen LogP contribution < -0.4 is 0 Å². The number of fused-ring (bicyclic) bond motifs is 7. The summed E-state index contributed by atoms with van der Waals surface area (Å²) in [6.07, 6.45) is -24.8. The summed E-state index contributed by atoms with van der Waals surface area (Å²) in [5, 5.41) is 142. The summed E-state index contributed by atoms with van der Waals surface area (Å²) < 4.78 is 46.2. The van der Waals surface area contributed by atoms with Crippen LogP contribution in [0.4, 0.5) is 0 Å². The molecule has 0 amide bonds. The van der Waals surface area contributed by atoms with Crippen molar-refractivity contribution in [2.45, 2.75) is 242 Å². The zero-order chi connectivity index (χ0) is 54.9. The van der Waals surface area contributed by atoms with Crippen molar-refractivity contribution in [3.05, 3.63) is 11.6 Å². The molecule has 75 heavy (non-hydrogen) atoms. The molecule has 4 saturated heterocycles. The molecule has 0 aromatic heterocycles. The Balaban J connectivity index is 0.871. The van der Waals surface area contributed by atoms with Gasteiger partial charge in [0.25, 0.3) is 0 Å². The third-order valence-corrected chi connectivity index (χ3v) is 20.9. The highest BCUT2D eigenvalue weighted by atomic mass is 16.8. The van der Waals surface area contributed by atoms with Gasteiger partial charge >= 0.3 is 5.97 Å². The van der Waals surface area contributed by atoms with Crippen LogP contribution in [0.3, 0.4) is 0 Å². The Morgan fingerprint density at radius 2 is 1.27 bits per heavy atom. The average molecular weight is 1080 g/mol. The number of carbonyl (C=O) groups excluding carboxylic acids is 1. The molecule has 8 fully saturated rings. The fourth-order valence-corrected chi connectivity index (χ4v) is 16.1. The number of ether oxygens (including phenoxy) is 8. The smallest absolute Gasteiger partial charge is 0.315 e. The summed E-state index contributed by atoms with van der Waals surface area (Å²) in [6, 6.07) is 0. The minimum absolute atomic E-state index is 0.119. The molecule has 0 aromatic carbocycles. The number of esters is 1. The molecule has 13 N–H and O–H groups in total. The third-order valence-electron chi connectivity index (χ3n) is 20.9. The van der Waals surface area contributed by atoms with Gasteiger partial charge in [0.15, 0.2) is 18.9 Å². The van der Waals surface area contributed by atoms with E-state index in [0.29, 0.717) is 32.1 Å². The van der Waals surface area contributed by atoms with Gasteiger partial charge in [0.05, 0.1) is 43.5 Å². The highest BCUT2D eigenvalue weighted by Gasteiger charge is 2.70. The summed E-state index contributed by atoms with van der Waals surface area (Å²) in [5.74, 6) is -0.391. The van der Waals surface area contributed by atoms with Crippen molar-refractivity contribution in [3.8, 4) is 0 Å². The van der Waals surface area contributed by atoms with E-state index < -0.39 is 166 Å². The molecule has 4 saturated carbocycles. The van der Waals surface area contributed by atoms with E-state index in [9.17, 15) is 66.4 Å². The van der Waals surface area contributed by atoms with Crippen LogP contribution in [0, 0.1) is 50.2 Å². The van der Waals surface area contributed by atoms with Gasteiger partial charge in [-0.1, -0.05) is 60.1 Å². The van der Waals surface area contributed by atoms with E-state index in [1.807, 2.05) is 0 Å². The van der Waals surface area contributed by atoms with E-state index in [1.165, 1.54) is 12.5 Å². The minimum Gasteiger partial charge on any atom is -0.432 e. The van der Waals surface area contributed by atoms with E-state index >= 15 is 4.79 Å². The van der Waals surface area contributed by atoms with Gasteiger partial charge in [-0.05, 0) is 110 Å². The first kappa shape index (κ1) is 58.1. The first-order valence-electron chi connectivity index (χ1n) is 27.2. The molecule has 4 aliphatic heterocycles. The normalized spacial score (nSPS) is 54.5. The van der Waals surface area contributed by atoms with Crippen LogP contribution in [0.1, 0.15) is 113 Å². The highest BCUT2D eigenvalue weighted by Crippen LogP contribution is 2.76. The number of hydrogen-bond donors (Lipinski definition) is 13. The van der Waals surface area contributed by atoms with Crippen LogP contribution >= 0.6 is 0 Å². The van der Waals surface area contributed by atoms with E-state index in [4.69, 9.17) is 37.9 Å². The standard InChI is InChI=1S/C53H86O22/c1-22-31(57)41(74-44-36(62)32(58)26(56)20-68-44)39(65)46(70-22)73-40-27(19-54)71-43(38(64)35(40)61)69-21-28-33(59)34(60)37(63)45(72-28)75-47(67)53-15-13-48(2,3)17-24(53)23-9-10-30-50(6)18-25(55)42(66)49(4,5)29(50)11-12-52(30,8)51(23,7)14-16-53/h9,22,24-46,54-66H,10-21H2,1-8H3. The Morgan fingerprint density at radius 3 is 1.96 bits per heavy atom. The van der Waals surface area contributed by atoms with Gasteiger partial charge in [-0.2, -0.15) is 0 Å². The lowest BCUT2D eigenvalue weighted by atomic mass is 9.33. The zero-order valence-corrected chi connectivity index (χ0v) is 44.4. The Labute approximate surface area is 437 Å². The first-order valence-corrected chi connectivity index (χ1v) is 27.2. The topological polar surface area (TPSA) is 354 Å². The van der Waals surface area contributed by atoms with Crippen LogP contribution in [0.25, 0.3) is 0 Å². The number of allylic oxidation sites excluding steroid dienone is 2. The first-order chi connectivity index (χ1) is 35.0. The van der Waals surface area contributed by atoms with Crippen molar-refractivity contribution in [1.82, 2.24) is 0 Å². The minimum atomic E-state index is -1.93. The largest absolute Gasteiger partial charge is 0.432 e. The van der Waals surface area contributed by atoms with Crippen LogP contribution in [-0.4, -0.2) is 221 Å². The molecule has 0 aromatic rings. The lowest BCUT2D eigenvalue weighted by Crippen LogP contribution is -2.67. The summed E-state index contributed by atoms with van der Waals surface area (Å²) in [5.41, 5.74) is -1.10. The third kappa shape index (κ3) is 9.50. The molecule has 430 valence electrons. The molecular formula is C53H86O22. The summed E-state index contributed by atoms with van der Waals surface area (Å²) in [7, 11) is 0. The molecule has 22 heteroatoms. The molecule has 28 unspecified atom stereocenters. The maximum Gasteiger partial charge on any atom is 0.315 e. The molecule has 0 spiro atoms. The Morgan fingerprint density at radius 1 is 0.627 bits per heavy atom. The molecule has 4 heterocycles. The lowest BCUT2D eigenvalue weighted by molar-refractivity contribution is -0.375. The fraction of sp³-hybridized carbons (Fsp3) is 0.943. The van der Waals surface area contributed by atoms with Crippen molar-refractivity contribution < 1.29 is 109 Å². The average Bonchev–Trinajstić information content (AvgIpc) is 3.35. The number of rotatable bonds is 10. The van der Waals surface area contributed by atoms with Gasteiger partial charge in [-0.25, -0.2) is 0 Å². The fourth-order valence-electron chi connectivity index (χ4n) is 16.1. The quantitative estimate of drug-likeness (QED) is 0.0884. The molecule has 0 bridgehead atoms. The van der Waals surface area contributed by atoms with Crippen molar-refractivity contribution in [2.24, 2.45) is 50.2 Å². The maximum atomic E-state index is 15.1. The van der Waals surface area contributed by atoms with Gasteiger partial charge in [-0.3, -0.25) is 4.79 Å². The zero-order valence-electron chi connectivity index (χ0n) is 44.4. The van der Waals surface area contributed by atoms with E-state index in [1.54, 1.807) is 0 Å². The summed E-state index contributed by atoms with van der Waals surface area (Å²) in [6.45, 7) is 15.1. The number of carbonyl (C=O) groups is 1. The molecular weight excluding hydrogens is 989 g/mol. The van der Waals surface area contributed by atoms with Crippen molar-refractivity contribution >= 4 is 5.97 Å². The van der Waals surface area contributed by atoms with Crippen molar-refractivity contribution in [1.29, 1.82) is 0 Å². The van der Waals surface area contributed by atoms with Gasteiger partial charge in [0, 0.05) is 0 Å². The predicted molar refractivity (Wildman–Crippen MR) is 257 cm³/mol. The van der Waals surface area contributed by atoms with Crippen LogP contribution in [0.5, 0.6) is 0 Å². The number of aliphatic hydroxyl groups excluding tert-OH is 13. The maximum absolute atomic E-state index is 15.1. The van der Waals surface area contributed by atoms with E-state index in [0.717, 1.165) is 25.7 Å².